The lowest BCUT2D eigenvalue weighted by atomic mass is 9.84. The smallest absolute Gasteiger partial charge is 0.255 e. The van der Waals surface area contributed by atoms with Crippen molar-refractivity contribution in [2.24, 2.45) is 0 Å². The summed E-state index contributed by atoms with van der Waals surface area (Å²) >= 11 is 18.9. The standard InChI is InChI=1S/C29H25Cl3N2O2/c1-19-24(28(35)33-15-13-29(36,14-16-33)21-5-3-2-4-6-21)18-27(20-7-9-22(30)10-8-20)34(19)26-12-11-23(31)17-25(26)32/h2-12,17-18,36H,13-16H2,1H3. The second-order valence-corrected chi connectivity index (χ2v) is 10.4. The molecular formula is C29H25Cl3N2O2. The van der Waals surface area contributed by atoms with Gasteiger partial charge in [0.1, 0.15) is 0 Å². The van der Waals surface area contributed by atoms with Crippen LogP contribution >= 0.6 is 34.8 Å². The lowest BCUT2D eigenvalue weighted by molar-refractivity contribution is -0.0211. The monoisotopic (exact) mass is 538 g/mol. The number of rotatable bonds is 4. The molecular weight excluding hydrogens is 515 g/mol. The number of aliphatic hydroxyl groups is 1. The number of carbonyl (C=O) groups excluding carboxylic acids is 1. The van der Waals surface area contributed by atoms with Gasteiger partial charge in [-0.2, -0.15) is 0 Å². The van der Waals surface area contributed by atoms with E-state index in [9.17, 15) is 9.90 Å². The zero-order valence-corrected chi connectivity index (χ0v) is 22.0. The molecule has 1 aliphatic rings. The predicted molar refractivity (Wildman–Crippen MR) is 146 cm³/mol. The van der Waals surface area contributed by atoms with Crippen LogP contribution in [0.3, 0.4) is 0 Å². The van der Waals surface area contributed by atoms with Gasteiger partial charge < -0.3 is 14.6 Å². The Morgan fingerprint density at radius 3 is 2.14 bits per heavy atom. The van der Waals surface area contributed by atoms with E-state index in [1.807, 2.05) is 83.1 Å². The maximum absolute atomic E-state index is 13.7. The van der Waals surface area contributed by atoms with Crippen molar-refractivity contribution in [2.45, 2.75) is 25.4 Å². The Morgan fingerprint density at radius 2 is 1.50 bits per heavy atom. The Hall–Kier alpha value is -2.76. The van der Waals surface area contributed by atoms with Crippen LogP contribution in [0.4, 0.5) is 0 Å². The molecule has 1 amide bonds. The van der Waals surface area contributed by atoms with Gasteiger partial charge in [0.25, 0.3) is 5.91 Å². The molecule has 7 heteroatoms. The molecule has 1 saturated heterocycles. The Balaban J connectivity index is 1.51. The maximum atomic E-state index is 13.7. The van der Waals surface area contributed by atoms with Crippen molar-refractivity contribution in [2.75, 3.05) is 13.1 Å². The van der Waals surface area contributed by atoms with Crippen LogP contribution in [0.25, 0.3) is 16.9 Å². The molecule has 0 aliphatic carbocycles. The van der Waals surface area contributed by atoms with Gasteiger partial charge in [-0.25, -0.2) is 0 Å². The van der Waals surface area contributed by atoms with E-state index in [1.165, 1.54) is 0 Å². The number of benzene rings is 3. The van der Waals surface area contributed by atoms with Crippen LogP contribution in [0.15, 0.2) is 78.9 Å². The number of aromatic nitrogens is 1. The van der Waals surface area contributed by atoms with Crippen molar-refractivity contribution < 1.29 is 9.90 Å². The second kappa shape index (κ2) is 9.95. The summed E-state index contributed by atoms with van der Waals surface area (Å²) in [6.07, 6.45) is 0.963. The number of piperidine rings is 1. The number of nitrogens with zero attached hydrogens (tertiary/aromatic N) is 2. The molecule has 4 nitrogen and oxygen atoms in total. The number of amides is 1. The zero-order chi connectivity index (χ0) is 25.4. The Bertz CT molecular complexity index is 1410. The van der Waals surface area contributed by atoms with Crippen molar-refractivity contribution >= 4 is 40.7 Å². The molecule has 0 unspecified atom stereocenters. The summed E-state index contributed by atoms with van der Waals surface area (Å²) in [5.74, 6) is -0.0679. The van der Waals surface area contributed by atoms with Gasteiger partial charge in [-0.05, 0) is 67.3 Å². The van der Waals surface area contributed by atoms with Gasteiger partial charge in [0.05, 0.1) is 27.6 Å². The molecule has 0 atom stereocenters. The number of carbonyl (C=O) groups is 1. The van der Waals surface area contributed by atoms with E-state index < -0.39 is 5.60 Å². The molecule has 36 heavy (non-hydrogen) atoms. The van der Waals surface area contributed by atoms with E-state index in [1.54, 1.807) is 12.1 Å². The van der Waals surface area contributed by atoms with Gasteiger partial charge in [0, 0.05) is 28.8 Å². The molecule has 2 heterocycles. The summed E-state index contributed by atoms with van der Waals surface area (Å²) in [4.78, 5) is 15.6. The van der Waals surface area contributed by atoms with Crippen LogP contribution < -0.4 is 0 Å². The van der Waals surface area contributed by atoms with Crippen molar-refractivity contribution in [1.29, 1.82) is 0 Å². The van der Waals surface area contributed by atoms with Gasteiger partial charge in [-0.1, -0.05) is 77.3 Å². The first-order valence-electron chi connectivity index (χ1n) is 11.8. The average Bonchev–Trinajstić information content (AvgIpc) is 3.22. The molecule has 3 aromatic carbocycles. The fourth-order valence-corrected chi connectivity index (χ4v) is 5.54. The van der Waals surface area contributed by atoms with E-state index in [4.69, 9.17) is 34.8 Å². The van der Waals surface area contributed by atoms with Crippen molar-refractivity contribution in [3.8, 4) is 16.9 Å². The SMILES string of the molecule is Cc1c(C(=O)N2CCC(O)(c3ccccc3)CC2)cc(-c2ccc(Cl)cc2)n1-c1ccc(Cl)cc1Cl. The van der Waals surface area contributed by atoms with Crippen molar-refractivity contribution in [3.05, 3.63) is 111 Å². The summed E-state index contributed by atoms with van der Waals surface area (Å²) < 4.78 is 1.99. The van der Waals surface area contributed by atoms with E-state index >= 15 is 0 Å². The zero-order valence-electron chi connectivity index (χ0n) is 19.7. The largest absolute Gasteiger partial charge is 0.385 e. The molecule has 0 bridgehead atoms. The molecule has 5 rings (SSSR count). The molecule has 0 spiro atoms. The number of hydrogen-bond donors (Lipinski definition) is 1. The van der Waals surface area contributed by atoms with Gasteiger partial charge in [0.15, 0.2) is 0 Å². The van der Waals surface area contributed by atoms with E-state index in [2.05, 4.69) is 0 Å². The fourth-order valence-electron chi connectivity index (χ4n) is 4.92. The average molecular weight is 540 g/mol. The summed E-state index contributed by atoms with van der Waals surface area (Å²) in [5.41, 5.74) is 3.81. The van der Waals surface area contributed by atoms with Crippen LogP contribution in [0, 0.1) is 6.92 Å². The van der Waals surface area contributed by atoms with Gasteiger partial charge in [0.2, 0.25) is 0 Å². The van der Waals surface area contributed by atoms with Crippen LogP contribution in [0.1, 0.15) is 34.5 Å². The maximum Gasteiger partial charge on any atom is 0.255 e. The molecule has 0 saturated carbocycles. The van der Waals surface area contributed by atoms with E-state index in [0.717, 1.165) is 28.2 Å². The highest BCUT2D eigenvalue weighted by molar-refractivity contribution is 6.35. The van der Waals surface area contributed by atoms with Gasteiger partial charge in [-0.15, -0.1) is 0 Å². The third-order valence-electron chi connectivity index (χ3n) is 6.96. The van der Waals surface area contributed by atoms with Crippen LogP contribution in [-0.4, -0.2) is 33.6 Å². The molecule has 1 N–H and O–H groups in total. The number of hydrogen-bond acceptors (Lipinski definition) is 2. The molecule has 1 aliphatic heterocycles. The Morgan fingerprint density at radius 1 is 0.861 bits per heavy atom. The number of likely N-dealkylation sites (tertiary alicyclic amines) is 1. The Labute approximate surface area is 225 Å². The lowest BCUT2D eigenvalue weighted by Crippen LogP contribution is -2.45. The molecule has 4 aromatic rings. The Kier molecular flexibility index (Phi) is 6.88. The van der Waals surface area contributed by atoms with Gasteiger partial charge in [-0.3, -0.25) is 4.79 Å². The van der Waals surface area contributed by atoms with Crippen LogP contribution in [0.5, 0.6) is 0 Å². The molecule has 184 valence electrons. The topological polar surface area (TPSA) is 45.5 Å². The highest BCUT2D eigenvalue weighted by atomic mass is 35.5. The summed E-state index contributed by atoms with van der Waals surface area (Å²) in [6, 6.07) is 24.4. The van der Waals surface area contributed by atoms with Crippen LogP contribution in [0.2, 0.25) is 15.1 Å². The predicted octanol–water partition coefficient (Wildman–Crippen LogP) is 7.54. The normalized spacial score (nSPS) is 15.2. The highest BCUT2D eigenvalue weighted by Gasteiger charge is 2.36. The lowest BCUT2D eigenvalue weighted by Gasteiger charge is -2.38. The first-order chi connectivity index (χ1) is 17.3. The van der Waals surface area contributed by atoms with Gasteiger partial charge >= 0.3 is 0 Å². The molecule has 1 fully saturated rings. The second-order valence-electron chi connectivity index (χ2n) is 9.16. The summed E-state index contributed by atoms with van der Waals surface area (Å²) in [5, 5.41) is 12.9. The first-order valence-corrected chi connectivity index (χ1v) is 12.9. The number of halogens is 3. The summed E-state index contributed by atoms with van der Waals surface area (Å²) in [6.45, 7) is 2.85. The highest BCUT2D eigenvalue weighted by Crippen LogP contribution is 2.37. The molecule has 1 aromatic heterocycles. The third-order valence-corrected chi connectivity index (χ3v) is 7.75. The van der Waals surface area contributed by atoms with Crippen molar-refractivity contribution in [3.63, 3.8) is 0 Å². The quantitative estimate of drug-likeness (QED) is 0.291. The molecule has 0 radical (unpaired) electrons. The van der Waals surface area contributed by atoms with Crippen molar-refractivity contribution in [1.82, 2.24) is 9.47 Å². The first kappa shape index (κ1) is 24.9. The van der Waals surface area contributed by atoms with Crippen LogP contribution in [-0.2, 0) is 5.60 Å². The minimum Gasteiger partial charge on any atom is -0.385 e. The fraction of sp³-hybridized carbons (Fsp3) is 0.207. The van der Waals surface area contributed by atoms with E-state index in [0.29, 0.717) is 46.6 Å². The minimum absolute atomic E-state index is 0.0679. The third kappa shape index (κ3) is 4.67. The van der Waals surface area contributed by atoms with E-state index in [-0.39, 0.29) is 5.91 Å². The minimum atomic E-state index is -0.926. The summed E-state index contributed by atoms with van der Waals surface area (Å²) in [7, 11) is 0.